The van der Waals surface area contributed by atoms with E-state index in [1.54, 1.807) is 12.1 Å². The molecule has 0 bridgehead atoms. The average molecular weight is 398 g/mol. The molecule has 0 spiro atoms. The van der Waals surface area contributed by atoms with Crippen LogP contribution in [0.5, 0.6) is 0 Å². The fourth-order valence-corrected chi connectivity index (χ4v) is 3.26. The Morgan fingerprint density at radius 3 is 2.33 bits per heavy atom. The third-order valence-electron chi connectivity index (χ3n) is 2.62. The maximum atomic E-state index is 12.0. The molecule has 0 atom stereocenters. The van der Waals surface area contributed by atoms with Gasteiger partial charge in [0.05, 0.1) is 0 Å². The minimum Gasteiger partial charge on any atom is -0.352 e. The van der Waals surface area contributed by atoms with Crippen molar-refractivity contribution >= 4 is 49.4 Å². The second-order valence-corrected chi connectivity index (χ2v) is 7.15. The van der Waals surface area contributed by atoms with E-state index < -0.39 is 0 Å². The minimum absolute atomic E-state index is 0.0145. The van der Waals surface area contributed by atoms with E-state index in [0.717, 1.165) is 15.4 Å². The van der Waals surface area contributed by atoms with Crippen molar-refractivity contribution < 1.29 is 4.79 Å². The summed E-state index contributed by atoms with van der Waals surface area (Å²) in [7, 11) is 0. The molecule has 100 valence electrons. The number of hydrogen-bond donors (Lipinski definition) is 1. The molecule has 1 rings (SSSR count). The number of nitrogens with one attached hydrogen (secondary N) is 1. The monoisotopic (exact) mass is 395 g/mol. The molecule has 0 aromatic heterocycles. The highest BCUT2D eigenvalue weighted by Gasteiger charge is 2.18. The van der Waals surface area contributed by atoms with Crippen LogP contribution in [0.3, 0.4) is 0 Å². The van der Waals surface area contributed by atoms with Crippen molar-refractivity contribution in [2.75, 3.05) is 12.4 Å². The number of halogens is 3. The second kappa shape index (κ2) is 6.92. The number of hydrogen-bond acceptors (Lipinski definition) is 1. The Morgan fingerprint density at radius 2 is 1.83 bits per heavy atom. The van der Waals surface area contributed by atoms with Gasteiger partial charge < -0.3 is 5.32 Å². The molecule has 0 fully saturated rings. The van der Waals surface area contributed by atoms with E-state index in [4.69, 9.17) is 11.6 Å². The van der Waals surface area contributed by atoms with Crippen molar-refractivity contribution in [3.05, 3.63) is 32.7 Å². The third-order valence-corrected chi connectivity index (χ3v) is 3.73. The van der Waals surface area contributed by atoms with E-state index in [1.165, 1.54) is 0 Å². The molecule has 2 nitrogen and oxygen atoms in total. The molecule has 0 unspecified atom stereocenters. The van der Waals surface area contributed by atoms with E-state index in [2.05, 4.69) is 51.0 Å². The molecule has 1 aromatic carbocycles. The molecule has 0 radical (unpaired) electrons. The van der Waals surface area contributed by atoms with Gasteiger partial charge in [-0.1, -0.05) is 45.7 Å². The number of carbonyl (C=O) groups excluding carboxylic acids is 1. The van der Waals surface area contributed by atoms with Crippen molar-refractivity contribution in [2.24, 2.45) is 5.41 Å². The van der Waals surface area contributed by atoms with Gasteiger partial charge in [0, 0.05) is 26.9 Å². The fourth-order valence-electron chi connectivity index (χ4n) is 1.45. The Labute approximate surface area is 130 Å². The summed E-state index contributed by atoms with van der Waals surface area (Å²) in [6.07, 6.45) is 0.872. The lowest BCUT2D eigenvalue weighted by Gasteiger charge is -2.23. The highest BCUT2D eigenvalue weighted by molar-refractivity contribution is 9.11. The van der Waals surface area contributed by atoms with Crippen molar-refractivity contribution in [2.45, 2.75) is 20.3 Å². The molecular weight excluding hydrogens is 381 g/mol. The molecule has 0 saturated heterocycles. The van der Waals surface area contributed by atoms with Crippen LogP contribution in [-0.4, -0.2) is 18.3 Å². The SMILES string of the molecule is CC(C)(CCCl)CNC(=O)c1cc(Br)cc(Br)c1. The first-order valence-corrected chi connectivity index (χ1v) is 7.76. The van der Waals surface area contributed by atoms with Crippen molar-refractivity contribution in [1.82, 2.24) is 5.32 Å². The van der Waals surface area contributed by atoms with Crippen LogP contribution in [0.25, 0.3) is 0 Å². The third kappa shape index (κ3) is 5.29. The molecule has 1 aromatic rings. The Balaban J connectivity index is 2.66. The highest BCUT2D eigenvalue weighted by atomic mass is 79.9. The fraction of sp³-hybridized carbons (Fsp3) is 0.462. The van der Waals surface area contributed by atoms with E-state index in [0.29, 0.717) is 18.0 Å². The van der Waals surface area contributed by atoms with Crippen LogP contribution in [0.15, 0.2) is 27.1 Å². The molecule has 0 saturated carbocycles. The maximum absolute atomic E-state index is 12.0. The lowest BCUT2D eigenvalue weighted by Crippen LogP contribution is -2.34. The van der Waals surface area contributed by atoms with Gasteiger partial charge in [0.2, 0.25) is 0 Å². The van der Waals surface area contributed by atoms with Crippen LogP contribution in [0.4, 0.5) is 0 Å². The standard InChI is InChI=1S/C13H16Br2ClNO/c1-13(2,3-4-16)8-17-12(18)9-5-10(14)7-11(15)6-9/h5-7H,3-4,8H2,1-2H3,(H,17,18). The van der Waals surface area contributed by atoms with Gasteiger partial charge in [-0.25, -0.2) is 0 Å². The molecule has 1 N–H and O–H groups in total. The molecule has 0 aliphatic heterocycles. The summed E-state index contributed by atoms with van der Waals surface area (Å²) in [6, 6.07) is 5.50. The van der Waals surface area contributed by atoms with E-state index in [1.807, 2.05) is 6.07 Å². The van der Waals surface area contributed by atoms with Gasteiger partial charge in [-0.3, -0.25) is 4.79 Å². The second-order valence-electron chi connectivity index (χ2n) is 4.94. The van der Waals surface area contributed by atoms with Crippen LogP contribution in [0.2, 0.25) is 0 Å². The number of benzene rings is 1. The van der Waals surface area contributed by atoms with Crippen molar-refractivity contribution in [3.8, 4) is 0 Å². The first kappa shape index (κ1) is 16.0. The summed E-state index contributed by atoms with van der Waals surface area (Å²) >= 11 is 12.5. The summed E-state index contributed by atoms with van der Waals surface area (Å²) in [5, 5.41) is 2.94. The van der Waals surface area contributed by atoms with Crippen LogP contribution < -0.4 is 5.32 Å². The molecule has 0 heterocycles. The van der Waals surface area contributed by atoms with Gasteiger partial charge in [0.1, 0.15) is 0 Å². The molecule has 5 heteroatoms. The first-order valence-electron chi connectivity index (χ1n) is 5.64. The Bertz CT molecular complexity index is 415. The number of carbonyl (C=O) groups is 1. The molecule has 0 aliphatic carbocycles. The number of alkyl halides is 1. The van der Waals surface area contributed by atoms with E-state index in [9.17, 15) is 4.79 Å². The number of rotatable bonds is 5. The van der Waals surface area contributed by atoms with Crippen molar-refractivity contribution in [1.29, 1.82) is 0 Å². The predicted molar refractivity (Wildman–Crippen MR) is 83.3 cm³/mol. The predicted octanol–water partition coefficient (Wildman–Crippen LogP) is 4.60. The van der Waals surface area contributed by atoms with Gasteiger partial charge in [0.15, 0.2) is 0 Å². The van der Waals surface area contributed by atoms with Crippen LogP contribution in [0, 0.1) is 5.41 Å². The summed E-state index contributed by atoms with van der Waals surface area (Å²) < 4.78 is 1.75. The smallest absolute Gasteiger partial charge is 0.251 e. The summed E-state index contributed by atoms with van der Waals surface area (Å²) in [6.45, 7) is 4.79. The van der Waals surface area contributed by atoms with Gasteiger partial charge in [-0.15, -0.1) is 11.6 Å². The van der Waals surface area contributed by atoms with Gasteiger partial charge >= 0.3 is 0 Å². The topological polar surface area (TPSA) is 29.1 Å². The van der Waals surface area contributed by atoms with Crippen molar-refractivity contribution in [3.63, 3.8) is 0 Å². The zero-order valence-corrected chi connectivity index (χ0v) is 14.3. The zero-order valence-electron chi connectivity index (χ0n) is 10.4. The van der Waals surface area contributed by atoms with Crippen LogP contribution in [0.1, 0.15) is 30.6 Å². The quantitative estimate of drug-likeness (QED) is 0.723. The minimum atomic E-state index is -0.0698. The lowest BCUT2D eigenvalue weighted by molar-refractivity contribution is 0.0935. The Morgan fingerprint density at radius 1 is 1.28 bits per heavy atom. The maximum Gasteiger partial charge on any atom is 0.251 e. The average Bonchev–Trinajstić information content (AvgIpc) is 2.24. The Kier molecular flexibility index (Phi) is 6.15. The van der Waals surface area contributed by atoms with Gasteiger partial charge in [0.25, 0.3) is 5.91 Å². The van der Waals surface area contributed by atoms with E-state index >= 15 is 0 Å². The largest absolute Gasteiger partial charge is 0.352 e. The Hall–Kier alpha value is -0.0600. The first-order chi connectivity index (χ1) is 8.34. The summed E-state index contributed by atoms with van der Waals surface area (Å²) in [5.41, 5.74) is 0.652. The molecular formula is C13H16Br2ClNO. The summed E-state index contributed by atoms with van der Waals surface area (Å²) in [4.78, 5) is 12.0. The summed E-state index contributed by atoms with van der Waals surface area (Å²) in [5.74, 6) is 0.533. The molecule has 0 aliphatic rings. The number of amides is 1. The normalized spacial score (nSPS) is 11.4. The van der Waals surface area contributed by atoms with Crippen LogP contribution >= 0.6 is 43.5 Å². The van der Waals surface area contributed by atoms with Gasteiger partial charge in [-0.05, 0) is 30.0 Å². The van der Waals surface area contributed by atoms with Gasteiger partial charge in [-0.2, -0.15) is 0 Å². The highest BCUT2D eigenvalue weighted by Crippen LogP contribution is 2.22. The van der Waals surface area contributed by atoms with Crippen LogP contribution in [-0.2, 0) is 0 Å². The zero-order chi connectivity index (χ0) is 13.8. The van der Waals surface area contributed by atoms with E-state index in [-0.39, 0.29) is 11.3 Å². The molecule has 18 heavy (non-hydrogen) atoms. The molecule has 1 amide bonds. The lowest BCUT2D eigenvalue weighted by atomic mass is 9.90.